The van der Waals surface area contributed by atoms with Gasteiger partial charge in [-0.1, -0.05) is 0 Å². The number of fused-ring (bicyclic) bond motifs is 2. The van der Waals surface area contributed by atoms with Crippen molar-refractivity contribution in [1.82, 2.24) is 19.7 Å². The van der Waals surface area contributed by atoms with E-state index in [-0.39, 0.29) is 36.3 Å². The van der Waals surface area contributed by atoms with E-state index in [4.69, 9.17) is 4.74 Å². The van der Waals surface area contributed by atoms with Crippen LogP contribution in [0.3, 0.4) is 0 Å². The molecule has 1 fully saturated rings. The van der Waals surface area contributed by atoms with E-state index in [1.807, 2.05) is 19.1 Å². The molecule has 0 bridgehead atoms. The molecule has 1 aromatic heterocycles. The van der Waals surface area contributed by atoms with Gasteiger partial charge in [-0.3, -0.25) is 4.79 Å². The summed E-state index contributed by atoms with van der Waals surface area (Å²) in [5.41, 5.74) is 1.68. The third kappa shape index (κ3) is 3.72. The van der Waals surface area contributed by atoms with Crippen LogP contribution in [0.15, 0.2) is 24.5 Å². The average Bonchev–Trinajstić information content (AvgIpc) is 3.36. The summed E-state index contributed by atoms with van der Waals surface area (Å²) in [5, 5.41) is 6.87. The van der Waals surface area contributed by atoms with Gasteiger partial charge in [0, 0.05) is 31.1 Å². The number of benzene rings is 1. The van der Waals surface area contributed by atoms with Crippen molar-refractivity contribution in [2.24, 2.45) is 5.92 Å². The van der Waals surface area contributed by atoms with Crippen LogP contribution in [-0.2, 0) is 6.42 Å². The SMILES string of the molecule is CC1Cc2cc(C(=O)N3CCC([C@@H]4C[C@H](C(F)(F)F)n5ncnc5N4)CC3)ccc2O1. The molecule has 1 aromatic carbocycles. The van der Waals surface area contributed by atoms with E-state index in [1.165, 1.54) is 0 Å². The molecule has 0 aliphatic carbocycles. The third-order valence-corrected chi connectivity index (χ3v) is 6.58. The first-order chi connectivity index (χ1) is 14.8. The minimum Gasteiger partial charge on any atom is -0.490 e. The maximum Gasteiger partial charge on any atom is 0.411 e. The van der Waals surface area contributed by atoms with Crippen molar-refractivity contribution in [3.63, 3.8) is 0 Å². The molecule has 3 aliphatic rings. The number of likely N-dealkylation sites (tertiary alicyclic amines) is 1. The predicted octanol–water partition coefficient (Wildman–Crippen LogP) is 3.44. The van der Waals surface area contributed by atoms with Gasteiger partial charge in [-0.05, 0) is 55.9 Å². The number of anilines is 1. The molecule has 31 heavy (non-hydrogen) atoms. The van der Waals surface area contributed by atoms with Crippen LogP contribution < -0.4 is 10.1 Å². The summed E-state index contributed by atoms with van der Waals surface area (Å²) in [7, 11) is 0. The number of hydrogen-bond acceptors (Lipinski definition) is 5. The lowest BCUT2D eigenvalue weighted by atomic mass is 9.84. The first-order valence-corrected chi connectivity index (χ1v) is 10.6. The van der Waals surface area contributed by atoms with Crippen LogP contribution in [0.25, 0.3) is 0 Å². The van der Waals surface area contributed by atoms with E-state index in [1.54, 1.807) is 11.0 Å². The third-order valence-electron chi connectivity index (χ3n) is 6.58. The normalized spacial score (nSPS) is 26.1. The molecule has 3 atom stereocenters. The zero-order valence-electron chi connectivity index (χ0n) is 17.1. The molecule has 10 heteroatoms. The van der Waals surface area contributed by atoms with Crippen LogP contribution in [0.1, 0.15) is 48.1 Å². The monoisotopic (exact) mass is 435 g/mol. The number of rotatable bonds is 2. The Morgan fingerprint density at radius 3 is 2.77 bits per heavy atom. The Hall–Kier alpha value is -2.78. The highest BCUT2D eigenvalue weighted by Crippen LogP contribution is 2.41. The standard InChI is InChI=1S/C21H24F3N5O2/c1-12-8-15-9-14(2-3-17(15)31-12)19(30)28-6-4-13(5-7-28)16-10-18(21(22,23)24)29-20(27-16)25-11-26-29/h2-3,9,11-13,16,18H,4-8,10H2,1H3,(H,25,26,27)/t12?,16-,18+/m0/s1. The van der Waals surface area contributed by atoms with Gasteiger partial charge in [-0.25, -0.2) is 4.68 Å². The van der Waals surface area contributed by atoms with Gasteiger partial charge in [0.1, 0.15) is 18.2 Å². The summed E-state index contributed by atoms with van der Waals surface area (Å²) in [4.78, 5) is 18.7. The van der Waals surface area contributed by atoms with Crippen LogP contribution in [0.2, 0.25) is 0 Å². The van der Waals surface area contributed by atoms with E-state index >= 15 is 0 Å². The lowest BCUT2D eigenvalue weighted by molar-refractivity contribution is -0.174. The van der Waals surface area contributed by atoms with Crippen LogP contribution >= 0.6 is 0 Å². The highest BCUT2D eigenvalue weighted by molar-refractivity contribution is 5.94. The van der Waals surface area contributed by atoms with E-state index in [2.05, 4.69) is 15.4 Å². The number of carbonyl (C=O) groups excluding carboxylic acids is 1. The Bertz CT molecular complexity index is 984. The molecule has 1 N–H and O–H groups in total. The number of nitrogens with zero attached hydrogens (tertiary/aromatic N) is 4. The van der Waals surface area contributed by atoms with E-state index < -0.39 is 12.2 Å². The molecule has 0 spiro atoms. The molecule has 2 aromatic rings. The van der Waals surface area contributed by atoms with Crippen molar-refractivity contribution in [1.29, 1.82) is 0 Å². The molecule has 0 saturated carbocycles. The summed E-state index contributed by atoms with van der Waals surface area (Å²) in [6, 6.07) is 3.51. The Labute approximate surface area is 177 Å². The van der Waals surface area contributed by atoms with Crippen LogP contribution in [0, 0.1) is 5.92 Å². The predicted molar refractivity (Wildman–Crippen MR) is 106 cm³/mol. The van der Waals surface area contributed by atoms with Crippen molar-refractivity contribution in [2.45, 2.75) is 57.0 Å². The van der Waals surface area contributed by atoms with Gasteiger partial charge in [-0.2, -0.15) is 23.3 Å². The van der Waals surface area contributed by atoms with Gasteiger partial charge in [0.25, 0.3) is 5.91 Å². The quantitative estimate of drug-likeness (QED) is 0.783. The molecule has 3 aliphatic heterocycles. The Balaban J connectivity index is 1.24. The number of piperidine rings is 1. The van der Waals surface area contributed by atoms with Crippen molar-refractivity contribution in [2.75, 3.05) is 18.4 Å². The Morgan fingerprint density at radius 1 is 1.26 bits per heavy atom. The first kappa shape index (κ1) is 20.1. The second-order valence-electron chi connectivity index (χ2n) is 8.66. The zero-order chi connectivity index (χ0) is 21.8. The molecule has 1 unspecified atom stereocenters. The average molecular weight is 435 g/mol. The minimum absolute atomic E-state index is 0.0358. The van der Waals surface area contributed by atoms with Crippen molar-refractivity contribution < 1.29 is 22.7 Å². The van der Waals surface area contributed by atoms with Gasteiger partial charge >= 0.3 is 6.18 Å². The number of alkyl halides is 3. The van der Waals surface area contributed by atoms with Crippen molar-refractivity contribution in [3.8, 4) is 5.75 Å². The second-order valence-corrected chi connectivity index (χ2v) is 8.66. The van der Waals surface area contributed by atoms with Gasteiger partial charge < -0.3 is 15.0 Å². The van der Waals surface area contributed by atoms with Gasteiger partial charge in [0.15, 0.2) is 6.04 Å². The molecule has 1 saturated heterocycles. The highest BCUT2D eigenvalue weighted by Gasteiger charge is 2.48. The molecule has 7 nitrogen and oxygen atoms in total. The van der Waals surface area contributed by atoms with Crippen molar-refractivity contribution in [3.05, 3.63) is 35.7 Å². The van der Waals surface area contributed by atoms with Crippen molar-refractivity contribution >= 4 is 11.9 Å². The largest absolute Gasteiger partial charge is 0.490 e. The Morgan fingerprint density at radius 2 is 2.03 bits per heavy atom. The summed E-state index contributed by atoms with van der Waals surface area (Å²) < 4.78 is 47.2. The maximum atomic E-state index is 13.5. The smallest absolute Gasteiger partial charge is 0.411 e. The van der Waals surface area contributed by atoms with E-state index in [0.29, 0.717) is 31.5 Å². The number of hydrogen-bond donors (Lipinski definition) is 1. The first-order valence-electron chi connectivity index (χ1n) is 10.6. The molecule has 4 heterocycles. The summed E-state index contributed by atoms with van der Waals surface area (Å²) in [5.74, 6) is 0.990. The lowest BCUT2D eigenvalue weighted by Gasteiger charge is -2.40. The van der Waals surface area contributed by atoms with Gasteiger partial charge in [0.2, 0.25) is 5.95 Å². The fourth-order valence-electron chi connectivity index (χ4n) is 4.97. The second kappa shape index (κ2) is 7.42. The fraction of sp³-hybridized carbons (Fsp3) is 0.571. The fourth-order valence-corrected chi connectivity index (χ4v) is 4.97. The van der Waals surface area contributed by atoms with E-state index in [9.17, 15) is 18.0 Å². The highest BCUT2D eigenvalue weighted by atomic mass is 19.4. The maximum absolute atomic E-state index is 13.5. The lowest BCUT2D eigenvalue weighted by Crippen LogP contribution is -2.47. The molecule has 166 valence electrons. The number of amides is 1. The van der Waals surface area contributed by atoms with Gasteiger partial charge in [0.05, 0.1) is 0 Å². The van der Waals surface area contributed by atoms with Crippen LogP contribution in [0.4, 0.5) is 19.1 Å². The molecular weight excluding hydrogens is 411 g/mol. The van der Waals surface area contributed by atoms with Crippen LogP contribution in [0.5, 0.6) is 5.75 Å². The number of nitrogens with one attached hydrogen (secondary N) is 1. The summed E-state index contributed by atoms with van der Waals surface area (Å²) >= 11 is 0. The summed E-state index contributed by atoms with van der Waals surface area (Å²) in [6.07, 6.45) is -1.12. The topological polar surface area (TPSA) is 72.3 Å². The number of ether oxygens (including phenoxy) is 1. The molecule has 0 radical (unpaired) electrons. The summed E-state index contributed by atoms with van der Waals surface area (Å²) in [6.45, 7) is 3.04. The molecule has 1 amide bonds. The van der Waals surface area contributed by atoms with E-state index in [0.717, 1.165) is 28.7 Å². The molecular formula is C21H24F3N5O2. The molecule has 5 rings (SSSR count). The minimum atomic E-state index is -4.38. The number of aromatic nitrogens is 3. The Kier molecular flexibility index (Phi) is 4.82. The van der Waals surface area contributed by atoms with Gasteiger partial charge in [-0.15, -0.1) is 0 Å². The zero-order valence-corrected chi connectivity index (χ0v) is 17.1. The number of carbonyl (C=O) groups is 1. The van der Waals surface area contributed by atoms with Crippen LogP contribution in [-0.4, -0.2) is 57.0 Å². The number of halogens is 3.